The molecule has 0 heterocycles. The van der Waals surface area contributed by atoms with Gasteiger partial charge in [-0.25, -0.2) is 4.39 Å². The second-order valence-corrected chi connectivity index (χ2v) is 5.62. The molecule has 0 saturated heterocycles. The number of halogens is 3. The summed E-state index contributed by atoms with van der Waals surface area (Å²) in [5, 5.41) is 13.5. The van der Waals surface area contributed by atoms with Gasteiger partial charge >= 0.3 is 0 Å². The first kappa shape index (κ1) is 17.2. The predicted octanol–water partition coefficient (Wildman–Crippen LogP) is 4.17. The van der Waals surface area contributed by atoms with Gasteiger partial charge in [-0.05, 0) is 46.3 Å². The minimum absolute atomic E-state index is 0.00571. The van der Waals surface area contributed by atoms with Crippen LogP contribution in [0.2, 0.25) is 5.02 Å². The minimum Gasteiger partial charge on any atom is -0.483 e. The number of hydrogen-bond acceptors (Lipinski definition) is 4. The van der Waals surface area contributed by atoms with E-state index in [4.69, 9.17) is 16.3 Å². The summed E-state index contributed by atoms with van der Waals surface area (Å²) in [6.45, 7) is -0.399. The molecule has 0 unspecified atom stereocenters. The van der Waals surface area contributed by atoms with Gasteiger partial charge in [-0.3, -0.25) is 14.9 Å². The molecule has 1 amide bonds. The lowest BCUT2D eigenvalue weighted by molar-refractivity contribution is -0.383. The summed E-state index contributed by atoms with van der Waals surface area (Å²) in [5.41, 5.74) is -0.319. The number of nitrogens with zero attached hydrogens (tertiary/aromatic N) is 1. The van der Waals surface area contributed by atoms with Gasteiger partial charge in [0.2, 0.25) is 0 Å². The van der Waals surface area contributed by atoms with Gasteiger partial charge in [0.1, 0.15) is 17.3 Å². The monoisotopic (exact) mass is 402 g/mol. The van der Waals surface area contributed by atoms with Gasteiger partial charge in [0.15, 0.2) is 6.61 Å². The number of hydrogen-bond donors (Lipinski definition) is 1. The zero-order valence-corrected chi connectivity index (χ0v) is 13.7. The number of amides is 1. The quantitative estimate of drug-likeness (QED) is 0.600. The first-order valence-electron chi connectivity index (χ1n) is 6.18. The van der Waals surface area contributed by atoms with Gasteiger partial charge < -0.3 is 10.1 Å². The van der Waals surface area contributed by atoms with Gasteiger partial charge in [0, 0.05) is 11.1 Å². The van der Waals surface area contributed by atoms with E-state index in [1.54, 1.807) is 0 Å². The van der Waals surface area contributed by atoms with Gasteiger partial charge in [-0.1, -0.05) is 11.6 Å². The minimum atomic E-state index is -0.654. The SMILES string of the molecule is O=C(COc1ccc(F)cc1Br)Nc1ccc(Cl)cc1[N+](=O)[O-]. The zero-order chi connectivity index (χ0) is 17.0. The predicted molar refractivity (Wildman–Crippen MR) is 86.3 cm³/mol. The van der Waals surface area contributed by atoms with Crippen LogP contribution in [0.4, 0.5) is 15.8 Å². The maximum atomic E-state index is 12.9. The van der Waals surface area contributed by atoms with Crippen LogP contribution in [0.25, 0.3) is 0 Å². The highest BCUT2D eigenvalue weighted by molar-refractivity contribution is 9.10. The van der Waals surface area contributed by atoms with E-state index in [9.17, 15) is 19.3 Å². The maximum Gasteiger partial charge on any atom is 0.294 e. The van der Waals surface area contributed by atoms with E-state index < -0.39 is 23.3 Å². The summed E-state index contributed by atoms with van der Waals surface area (Å²) in [4.78, 5) is 22.1. The molecule has 23 heavy (non-hydrogen) atoms. The van der Waals surface area contributed by atoms with Gasteiger partial charge in [-0.15, -0.1) is 0 Å². The number of ether oxygens (including phenoxy) is 1. The highest BCUT2D eigenvalue weighted by Gasteiger charge is 2.17. The van der Waals surface area contributed by atoms with Crippen LogP contribution in [0.1, 0.15) is 0 Å². The van der Waals surface area contributed by atoms with Crippen molar-refractivity contribution in [2.75, 3.05) is 11.9 Å². The fraction of sp³-hybridized carbons (Fsp3) is 0.0714. The molecule has 9 heteroatoms. The van der Waals surface area contributed by atoms with E-state index in [-0.39, 0.29) is 22.1 Å². The van der Waals surface area contributed by atoms with Gasteiger partial charge in [0.05, 0.1) is 9.40 Å². The highest BCUT2D eigenvalue weighted by Crippen LogP contribution is 2.28. The molecular formula is C14H9BrClFN2O4. The Labute approximate surface area is 143 Å². The molecule has 0 aliphatic carbocycles. The first-order valence-corrected chi connectivity index (χ1v) is 7.35. The Balaban J connectivity index is 2.04. The third kappa shape index (κ3) is 4.64. The Morgan fingerprint density at radius 2 is 2.09 bits per heavy atom. The van der Waals surface area contributed by atoms with Crippen LogP contribution in [0.5, 0.6) is 5.75 Å². The Hall–Kier alpha value is -2.19. The second-order valence-electron chi connectivity index (χ2n) is 4.33. The number of carbonyl (C=O) groups is 1. The summed E-state index contributed by atoms with van der Waals surface area (Å²) in [6, 6.07) is 7.61. The lowest BCUT2D eigenvalue weighted by Crippen LogP contribution is -2.20. The van der Waals surface area contributed by atoms with Crippen molar-refractivity contribution in [3.63, 3.8) is 0 Å². The number of carbonyl (C=O) groups excluding carboxylic acids is 1. The van der Waals surface area contributed by atoms with Crippen molar-refractivity contribution in [3.05, 3.63) is 61.8 Å². The van der Waals surface area contributed by atoms with Crippen LogP contribution in [0, 0.1) is 15.9 Å². The van der Waals surface area contributed by atoms with E-state index in [1.165, 1.54) is 30.3 Å². The lowest BCUT2D eigenvalue weighted by Gasteiger charge is -2.09. The van der Waals surface area contributed by atoms with E-state index >= 15 is 0 Å². The van der Waals surface area contributed by atoms with Crippen molar-refractivity contribution in [2.24, 2.45) is 0 Å². The molecule has 0 atom stereocenters. The molecule has 0 radical (unpaired) electrons. The topological polar surface area (TPSA) is 81.5 Å². The third-order valence-corrected chi connectivity index (χ3v) is 3.54. The molecule has 0 fully saturated rings. The molecule has 2 rings (SSSR count). The van der Waals surface area contributed by atoms with Crippen molar-refractivity contribution >= 4 is 44.8 Å². The summed E-state index contributed by atoms with van der Waals surface area (Å²) < 4.78 is 18.5. The lowest BCUT2D eigenvalue weighted by atomic mass is 10.2. The molecule has 2 aromatic carbocycles. The third-order valence-electron chi connectivity index (χ3n) is 2.68. The average molecular weight is 404 g/mol. The van der Waals surface area contributed by atoms with Gasteiger partial charge in [0.25, 0.3) is 11.6 Å². The molecular weight excluding hydrogens is 395 g/mol. The Morgan fingerprint density at radius 3 is 2.74 bits per heavy atom. The van der Waals surface area contributed by atoms with Crippen molar-refractivity contribution in [1.29, 1.82) is 0 Å². The van der Waals surface area contributed by atoms with Crippen molar-refractivity contribution in [2.45, 2.75) is 0 Å². The molecule has 2 aromatic rings. The molecule has 0 saturated carbocycles. The molecule has 0 bridgehead atoms. The van der Waals surface area contributed by atoms with E-state index in [1.807, 2.05) is 0 Å². The largest absolute Gasteiger partial charge is 0.483 e. The standard InChI is InChI=1S/C14H9BrClFN2O4/c15-10-6-9(17)2-4-13(10)23-7-14(20)18-11-3-1-8(16)5-12(11)19(21)22/h1-6H,7H2,(H,18,20). The van der Waals surface area contributed by atoms with Crippen LogP contribution in [-0.4, -0.2) is 17.4 Å². The number of anilines is 1. The number of nitro benzene ring substituents is 1. The van der Waals surface area contributed by atoms with Crippen LogP contribution >= 0.6 is 27.5 Å². The van der Waals surface area contributed by atoms with E-state index in [2.05, 4.69) is 21.2 Å². The molecule has 6 nitrogen and oxygen atoms in total. The summed E-state index contributed by atoms with van der Waals surface area (Å²) in [5.74, 6) is -0.788. The molecule has 0 aliphatic heterocycles. The number of rotatable bonds is 5. The molecule has 0 aliphatic rings. The van der Waals surface area contributed by atoms with Crippen LogP contribution in [-0.2, 0) is 4.79 Å². The summed E-state index contributed by atoms with van der Waals surface area (Å²) in [7, 11) is 0. The Morgan fingerprint density at radius 1 is 1.35 bits per heavy atom. The fourth-order valence-corrected chi connectivity index (χ4v) is 2.32. The summed E-state index contributed by atoms with van der Waals surface area (Å²) >= 11 is 8.79. The average Bonchev–Trinajstić information content (AvgIpc) is 2.48. The van der Waals surface area contributed by atoms with Gasteiger partial charge in [-0.2, -0.15) is 0 Å². The number of nitrogens with one attached hydrogen (secondary N) is 1. The number of benzene rings is 2. The maximum absolute atomic E-state index is 12.9. The summed E-state index contributed by atoms with van der Waals surface area (Å²) in [6.07, 6.45) is 0. The van der Waals surface area contributed by atoms with Crippen LogP contribution < -0.4 is 10.1 Å². The molecule has 0 aromatic heterocycles. The number of nitro groups is 1. The molecule has 120 valence electrons. The highest BCUT2D eigenvalue weighted by atomic mass is 79.9. The zero-order valence-electron chi connectivity index (χ0n) is 11.4. The van der Waals surface area contributed by atoms with E-state index in [0.29, 0.717) is 4.47 Å². The Bertz CT molecular complexity index is 772. The fourth-order valence-electron chi connectivity index (χ4n) is 1.68. The first-order chi connectivity index (χ1) is 10.9. The van der Waals surface area contributed by atoms with Crippen molar-refractivity contribution < 1.29 is 18.8 Å². The van der Waals surface area contributed by atoms with Crippen molar-refractivity contribution in [1.82, 2.24) is 0 Å². The second kappa shape index (κ2) is 7.38. The normalized spacial score (nSPS) is 10.2. The Kier molecular flexibility index (Phi) is 5.51. The van der Waals surface area contributed by atoms with Crippen molar-refractivity contribution in [3.8, 4) is 5.75 Å². The molecule has 1 N–H and O–H groups in total. The molecule has 0 spiro atoms. The van der Waals surface area contributed by atoms with Crippen LogP contribution in [0.3, 0.4) is 0 Å². The van der Waals surface area contributed by atoms with E-state index in [0.717, 1.165) is 6.07 Å². The smallest absolute Gasteiger partial charge is 0.294 e. The van der Waals surface area contributed by atoms with Crippen LogP contribution in [0.15, 0.2) is 40.9 Å².